The molecule has 2 aliphatic carbocycles. The average molecular weight is 335 g/mol. The lowest BCUT2D eigenvalue weighted by Crippen LogP contribution is -2.35. The molecule has 3 rings (SSSR count). The quantitative estimate of drug-likeness (QED) is 0.490. The Balaban J connectivity index is 1.79. The predicted octanol–water partition coefficient (Wildman–Crippen LogP) is 3.03. The summed E-state index contributed by atoms with van der Waals surface area (Å²) in [6, 6.07) is 0.112. The lowest BCUT2D eigenvalue weighted by molar-refractivity contribution is -0.538. The Morgan fingerprint density at radius 2 is 1.96 bits per heavy atom. The monoisotopic (exact) mass is 335 g/mol. The van der Waals surface area contributed by atoms with Crippen LogP contribution in [0.2, 0.25) is 0 Å². The van der Waals surface area contributed by atoms with E-state index in [2.05, 4.69) is 31.5 Å². The molecule has 0 aromatic heterocycles. The number of nitro groups is 1. The Labute approximate surface area is 144 Å². The van der Waals surface area contributed by atoms with Crippen molar-refractivity contribution in [1.29, 1.82) is 0 Å². The highest BCUT2D eigenvalue weighted by molar-refractivity contribution is 5.96. The van der Waals surface area contributed by atoms with Gasteiger partial charge < -0.3 is 5.11 Å². The zero-order valence-electron chi connectivity index (χ0n) is 15.1. The number of nitrogens with zero attached hydrogens (tertiary/aromatic N) is 2. The fourth-order valence-electron chi connectivity index (χ4n) is 5.35. The van der Waals surface area contributed by atoms with E-state index in [0.717, 1.165) is 0 Å². The van der Waals surface area contributed by atoms with Crippen LogP contribution >= 0.6 is 0 Å². The molecule has 0 aromatic rings. The van der Waals surface area contributed by atoms with E-state index in [1.54, 1.807) is 0 Å². The maximum absolute atomic E-state index is 11.1. The summed E-state index contributed by atoms with van der Waals surface area (Å²) in [7, 11) is 2.19. The number of rotatable bonds is 3. The molecule has 0 amide bonds. The molecule has 1 aliphatic heterocycles. The third-order valence-corrected chi connectivity index (χ3v) is 6.83. The molecule has 0 saturated heterocycles. The van der Waals surface area contributed by atoms with Gasteiger partial charge in [-0.15, -0.1) is 0 Å². The summed E-state index contributed by atoms with van der Waals surface area (Å²) in [5.41, 5.74) is 1.47. The minimum absolute atomic E-state index is 0.103. The SMILES string of the molecule is C[N+]1=C(/C=C/C2CC([N+](=O)[O-])CCC2O)C(C)(C)C2CCCCC21. The van der Waals surface area contributed by atoms with Crippen molar-refractivity contribution >= 4 is 5.71 Å². The summed E-state index contributed by atoms with van der Waals surface area (Å²) in [5, 5.41) is 21.3. The number of hydrogen-bond acceptors (Lipinski definition) is 3. The van der Waals surface area contributed by atoms with E-state index in [1.807, 2.05) is 6.08 Å². The van der Waals surface area contributed by atoms with Crippen LogP contribution in [0.4, 0.5) is 0 Å². The highest BCUT2D eigenvalue weighted by atomic mass is 16.6. The summed E-state index contributed by atoms with van der Waals surface area (Å²) in [6.07, 6.45) is 10.4. The lowest BCUT2D eigenvalue weighted by Gasteiger charge is -2.30. The van der Waals surface area contributed by atoms with Gasteiger partial charge in [-0.05, 0) is 33.1 Å². The first-order chi connectivity index (χ1) is 11.3. The minimum atomic E-state index is -0.509. The molecule has 24 heavy (non-hydrogen) atoms. The van der Waals surface area contributed by atoms with E-state index >= 15 is 0 Å². The molecule has 1 heterocycles. The second-order valence-electron chi connectivity index (χ2n) is 8.52. The third kappa shape index (κ3) is 3.03. The van der Waals surface area contributed by atoms with E-state index in [-0.39, 0.29) is 16.3 Å². The van der Waals surface area contributed by atoms with Gasteiger partial charge in [0.15, 0.2) is 11.8 Å². The lowest BCUT2D eigenvalue weighted by atomic mass is 9.69. The number of allylic oxidation sites excluding steroid dienone is 1. The van der Waals surface area contributed by atoms with E-state index in [4.69, 9.17) is 0 Å². The van der Waals surface area contributed by atoms with Crippen molar-refractivity contribution in [2.75, 3.05) is 7.05 Å². The molecular formula is C19H31N2O3+. The third-order valence-electron chi connectivity index (χ3n) is 6.83. The fraction of sp³-hybridized carbons (Fsp3) is 0.842. The molecule has 5 unspecified atom stereocenters. The molecule has 0 radical (unpaired) electrons. The van der Waals surface area contributed by atoms with Crippen molar-refractivity contribution in [2.24, 2.45) is 17.3 Å². The van der Waals surface area contributed by atoms with E-state index in [9.17, 15) is 15.2 Å². The van der Waals surface area contributed by atoms with Gasteiger partial charge in [0.25, 0.3) is 0 Å². The summed E-state index contributed by atoms with van der Waals surface area (Å²) in [5.74, 6) is 0.590. The van der Waals surface area contributed by atoms with Gasteiger partial charge in [-0.25, -0.2) is 4.58 Å². The van der Waals surface area contributed by atoms with Crippen molar-refractivity contribution in [1.82, 2.24) is 0 Å². The molecule has 0 aromatic carbocycles. The summed E-state index contributed by atoms with van der Waals surface area (Å²) in [6.45, 7) is 4.66. The Hall–Kier alpha value is -1.23. The van der Waals surface area contributed by atoms with Crippen molar-refractivity contribution in [3.63, 3.8) is 0 Å². The van der Waals surface area contributed by atoms with Gasteiger partial charge in [0.2, 0.25) is 6.04 Å². The first kappa shape index (κ1) is 17.6. The van der Waals surface area contributed by atoms with Crippen LogP contribution in [0.15, 0.2) is 12.2 Å². The molecule has 5 atom stereocenters. The van der Waals surface area contributed by atoms with Crippen molar-refractivity contribution in [3.8, 4) is 0 Å². The molecule has 0 spiro atoms. The topological polar surface area (TPSA) is 66.4 Å². The number of hydrogen-bond donors (Lipinski definition) is 1. The second kappa shape index (κ2) is 6.58. The summed E-state index contributed by atoms with van der Waals surface area (Å²) in [4.78, 5) is 10.9. The van der Waals surface area contributed by atoms with Gasteiger partial charge in [0.1, 0.15) is 7.05 Å². The first-order valence-electron chi connectivity index (χ1n) is 9.42. The van der Waals surface area contributed by atoms with Crippen LogP contribution in [0.5, 0.6) is 0 Å². The van der Waals surface area contributed by atoms with E-state index in [1.165, 1.54) is 31.4 Å². The summed E-state index contributed by atoms with van der Waals surface area (Å²) >= 11 is 0. The number of fused-ring (bicyclic) bond motifs is 1. The molecule has 3 aliphatic rings. The van der Waals surface area contributed by atoms with Gasteiger partial charge in [-0.1, -0.05) is 12.5 Å². The molecule has 5 heteroatoms. The standard InChI is InChI=1S/C19H31N2O3/c1-19(2)15-6-4-5-7-16(15)20(3)18(19)11-8-13-12-14(21(23)24)9-10-17(13)22/h8,11,13-17,22H,4-7,9-10,12H2,1-3H3/q+1/b11-8+. The number of aliphatic hydroxyl groups is 1. The van der Waals surface area contributed by atoms with Crippen LogP contribution < -0.4 is 0 Å². The molecular weight excluding hydrogens is 304 g/mol. The highest BCUT2D eigenvalue weighted by Crippen LogP contribution is 2.45. The second-order valence-corrected chi connectivity index (χ2v) is 8.52. The summed E-state index contributed by atoms with van der Waals surface area (Å²) < 4.78 is 2.43. The Morgan fingerprint density at radius 1 is 1.25 bits per heavy atom. The molecule has 134 valence electrons. The van der Waals surface area contributed by atoms with E-state index in [0.29, 0.717) is 31.2 Å². The van der Waals surface area contributed by atoms with Crippen LogP contribution in [0.3, 0.4) is 0 Å². The molecule has 1 N–H and O–H groups in total. The van der Waals surface area contributed by atoms with Gasteiger partial charge in [0.05, 0.1) is 11.5 Å². The molecule has 0 bridgehead atoms. The van der Waals surface area contributed by atoms with Crippen LogP contribution in [0.1, 0.15) is 58.8 Å². The van der Waals surface area contributed by atoms with Crippen molar-refractivity contribution in [3.05, 3.63) is 22.3 Å². The maximum Gasteiger partial charge on any atom is 0.213 e. The normalized spacial score (nSPS) is 39.2. The van der Waals surface area contributed by atoms with Gasteiger partial charge in [-0.2, -0.15) is 0 Å². The smallest absolute Gasteiger partial charge is 0.213 e. The Kier molecular flexibility index (Phi) is 4.82. The van der Waals surface area contributed by atoms with E-state index < -0.39 is 12.1 Å². The van der Waals surface area contributed by atoms with Crippen LogP contribution in [0, 0.1) is 27.4 Å². The first-order valence-corrected chi connectivity index (χ1v) is 9.42. The van der Waals surface area contributed by atoms with Crippen LogP contribution in [-0.2, 0) is 0 Å². The Morgan fingerprint density at radius 3 is 2.62 bits per heavy atom. The maximum atomic E-state index is 11.1. The minimum Gasteiger partial charge on any atom is -0.393 e. The van der Waals surface area contributed by atoms with Gasteiger partial charge in [-0.3, -0.25) is 10.1 Å². The predicted molar refractivity (Wildman–Crippen MR) is 94.0 cm³/mol. The zero-order valence-corrected chi connectivity index (χ0v) is 15.1. The largest absolute Gasteiger partial charge is 0.393 e. The van der Waals surface area contributed by atoms with Gasteiger partial charge in [0, 0.05) is 42.1 Å². The fourth-order valence-corrected chi connectivity index (χ4v) is 5.35. The average Bonchev–Trinajstić information content (AvgIpc) is 2.74. The van der Waals surface area contributed by atoms with Crippen LogP contribution in [0.25, 0.3) is 0 Å². The highest BCUT2D eigenvalue weighted by Gasteiger charge is 2.53. The molecule has 2 fully saturated rings. The number of aliphatic hydroxyl groups excluding tert-OH is 1. The molecule has 5 nitrogen and oxygen atoms in total. The van der Waals surface area contributed by atoms with Crippen LogP contribution in [-0.4, -0.2) is 45.6 Å². The Bertz CT molecular complexity index is 567. The van der Waals surface area contributed by atoms with Crippen molar-refractivity contribution < 1.29 is 14.6 Å². The zero-order chi connectivity index (χ0) is 17.5. The van der Waals surface area contributed by atoms with Crippen molar-refractivity contribution in [2.45, 2.75) is 77.0 Å². The van der Waals surface area contributed by atoms with Gasteiger partial charge >= 0.3 is 0 Å². The molecule has 2 saturated carbocycles.